The molecule has 4 amide bonds. The molecular formula is C29H40Cl2N6O9. The summed E-state index contributed by atoms with van der Waals surface area (Å²) in [7, 11) is 1.25. The van der Waals surface area contributed by atoms with Gasteiger partial charge >= 0.3 is 5.97 Å². The van der Waals surface area contributed by atoms with Gasteiger partial charge in [-0.15, -0.1) is 24.8 Å². The van der Waals surface area contributed by atoms with Crippen LogP contribution < -0.4 is 27.8 Å². The van der Waals surface area contributed by atoms with E-state index in [2.05, 4.69) is 10.6 Å². The second-order valence-corrected chi connectivity index (χ2v) is 10.8. The summed E-state index contributed by atoms with van der Waals surface area (Å²) in [6.07, 6.45) is -2.64. The maximum absolute atomic E-state index is 13.8. The molecule has 0 aliphatic carbocycles. The Morgan fingerprint density at radius 1 is 1.02 bits per heavy atom. The van der Waals surface area contributed by atoms with E-state index >= 15 is 0 Å². The molecule has 1 aliphatic heterocycles. The first kappa shape index (κ1) is 39.9. The van der Waals surface area contributed by atoms with Gasteiger partial charge in [0.15, 0.2) is 0 Å². The number of nitrogens with two attached hydrogens (primary N) is 3. The number of aromatic hydroxyl groups is 2. The van der Waals surface area contributed by atoms with Gasteiger partial charge in [0.05, 0.1) is 12.1 Å². The molecule has 15 nitrogen and oxygen atoms in total. The Morgan fingerprint density at radius 3 is 2.07 bits per heavy atom. The van der Waals surface area contributed by atoms with Crippen LogP contribution in [0.3, 0.4) is 0 Å². The van der Waals surface area contributed by atoms with Gasteiger partial charge in [0.25, 0.3) is 0 Å². The van der Waals surface area contributed by atoms with Gasteiger partial charge in [-0.1, -0.05) is 12.1 Å². The number of primary amides is 1. The zero-order valence-corrected chi connectivity index (χ0v) is 26.6. The molecule has 0 spiro atoms. The maximum atomic E-state index is 13.8. The molecular weight excluding hydrogens is 647 g/mol. The number of phenols is 2. The van der Waals surface area contributed by atoms with Gasteiger partial charge in [0.2, 0.25) is 23.6 Å². The van der Waals surface area contributed by atoms with E-state index in [9.17, 15) is 44.4 Å². The monoisotopic (exact) mass is 686 g/mol. The Hall–Kier alpha value is -4.15. The number of nitrogens with zero attached hydrogens (tertiary/aromatic N) is 1. The van der Waals surface area contributed by atoms with Crippen molar-refractivity contribution in [2.45, 2.75) is 62.4 Å². The normalized spacial score (nSPS) is 19.6. The zero-order chi connectivity index (χ0) is 32.7. The first-order valence-corrected chi connectivity index (χ1v) is 13.9. The SMILES string of the molecule is CN1C(=O)[C@H](C[C@@H](O)CN)NC(=O)[C@@H](N)Cc2cc(ccc2O)-c2ccc(O)c(c2)C[C@H]1C(=O)N[C@@H](CCC(N)=O)C(=O)O.Cl.Cl. The van der Waals surface area contributed by atoms with Gasteiger partial charge in [-0.05, 0) is 52.9 Å². The lowest BCUT2D eigenvalue weighted by molar-refractivity contribution is -0.145. The zero-order valence-electron chi connectivity index (χ0n) is 24.9. The van der Waals surface area contributed by atoms with Gasteiger partial charge in [-0.3, -0.25) is 19.2 Å². The van der Waals surface area contributed by atoms with Crippen molar-refractivity contribution in [2.24, 2.45) is 17.2 Å². The van der Waals surface area contributed by atoms with E-state index in [1.54, 1.807) is 24.3 Å². The topological polar surface area (TPSA) is 272 Å². The minimum absolute atomic E-state index is 0. The number of carboxylic acid groups (broad SMARTS) is 1. The summed E-state index contributed by atoms with van der Waals surface area (Å²) in [5.74, 6) is -5.10. The van der Waals surface area contributed by atoms with Crippen molar-refractivity contribution >= 4 is 54.4 Å². The molecule has 0 unspecified atom stereocenters. The molecule has 17 heteroatoms. The Labute approximate surface area is 277 Å². The number of amides is 4. The molecule has 5 atom stereocenters. The van der Waals surface area contributed by atoms with Crippen LogP contribution >= 0.6 is 24.8 Å². The number of halogens is 2. The largest absolute Gasteiger partial charge is 0.508 e. The standard InChI is InChI=1S/C29H38N6O9.2ClH/c1-35-22(27(41)33-20(29(43)44)4-7-25(32)39)11-17-9-15(3-6-24(17)38)14-2-5-23(37)16(8-14)10-19(31)26(40)34-21(28(35)42)12-18(36)13-30;;/h2-3,5-6,8-9,18-22,36-38H,4,7,10-13,30-31H2,1H3,(H2,32,39)(H,33,41)(H,34,40)(H,43,44);2*1H/t18-,19+,20+,21+,22+;;/m1../s1. The van der Waals surface area contributed by atoms with E-state index in [0.29, 0.717) is 16.7 Å². The Morgan fingerprint density at radius 2 is 1.57 bits per heavy atom. The van der Waals surface area contributed by atoms with Crippen LogP contribution in [-0.4, -0.2) is 98.8 Å². The minimum Gasteiger partial charge on any atom is -0.508 e. The summed E-state index contributed by atoms with van der Waals surface area (Å²) in [4.78, 5) is 64.7. The molecule has 4 bridgehead atoms. The van der Waals surface area contributed by atoms with E-state index in [0.717, 1.165) is 4.90 Å². The number of aliphatic carboxylic acids is 1. The minimum atomic E-state index is -1.53. The van der Waals surface area contributed by atoms with Gasteiger partial charge in [0, 0.05) is 39.3 Å². The highest BCUT2D eigenvalue weighted by Crippen LogP contribution is 2.31. The van der Waals surface area contributed by atoms with Crippen molar-refractivity contribution < 1.29 is 44.4 Å². The lowest BCUT2D eigenvalue weighted by Crippen LogP contribution is -2.59. The third-order valence-corrected chi connectivity index (χ3v) is 7.49. The average Bonchev–Trinajstić information content (AvgIpc) is 2.97. The summed E-state index contributed by atoms with van der Waals surface area (Å²) < 4.78 is 0. The van der Waals surface area contributed by atoms with Crippen LogP contribution in [-0.2, 0) is 36.8 Å². The van der Waals surface area contributed by atoms with Crippen LogP contribution in [0.1, 0.15) is 30.4 Å². The van der Waals surface area contributed by atoms with Crippen LogP contribution in [0.15, 0.2) is 36.4 Å². The maximum Gasteiger partial charge on any atom is 0.326 e. The van der Waals surface area contributed by atoms with Gasteiger partial charge < -0.3 is 53.2 Å². The number of carbonyl (C=O) groups excluding carboxylic acids is 4. The summed E-state index contributed by atoms with van der Waals surface area (Å²) in [5, 5.41) is 45.9. The molecule has 2 aromatic carbocycles. The molecule has 0 radical (unpaired) electrons. The van der Waals surface area contributed by atoms with Crippen molar-refractivity contribution in [1.29, 1.82) is 0 Å². The Kier molecular flexibility index (Phi) is 15.2. The molecule has 0 fully saturated rings. The number of benzene rings is 2. The predicted molar refractivity (Wildman–Crippen MR) is 171 cm³/mol. The van der Waals surface area contributed by atoms with Crippen LogP contribution in [0.4, 0.5) is 0 Å². The molecule has 3 rings (SSSR count). The fourth-order valence-corrected chi connectivity index (χ4v) is 4.88. The number of fused-ring (bicyclic) bond motifs is 5. The van der Waals surface area contributed by atoms with Gasteiger partial charge in [-0.2, -0.15) is 0 Å². The first-order valence-electron chi connectivity index (χ1n) is 13.9. The van der Waals surface area contributed by atoms with Gasteiger partial charge in [0.1, 0.15) is 29.6 Å². The van der Waals surface area contributed by atoms with Crippen molar-refractivity contribution in [2.75, 3.05) is 13.6 Å². The highest BCUT2D eigenvalue weighted by molar-refractivity contribution is 5.94. The van der Waals surface area contributed by atoms with E-state index in [1.807, 2.05) is 0 Å². The van der Waals surface area contributed by atoms with E-state index in [4.69, 9.17) is 17.2 Å². The lowest BCUT2D eigenvalue weighted by Gasteiger charge is -2.32. The van der Waals surface area contributed by atoms with Crippen molar-refractivity contribution in [3.8, 4) is 22.6 Å². The second kappa shape index (κ2) is 17.5. The number of carbonyl (C=O) groups is 5. The summed E-state index contributed by atoms with van der Waals surface area (Å²) in [6, 6.07) is 3.59. The third kappa shape index (κ3) is 10.2. The Balaban J connectivity index is 0.00000529. The second-order valence-electron chi connectivity index (χ2n) is 10.8. The number of nitrogens with one attached hydrogen (secondary N) is 2. The van der Waals surface area contributed by atoms with Crippen LogP contribution in [0, 0.1) is 0 Å². The predicted octanol–water partition coefficient (Wildman–Crippen LogP) is -1.11. The average molecular weight is 688 g/mol. The number of hydrogen-bond donors (Lipinski definition) is 9. The number of phenolic OH excluding ortho intramolecular Hbond substituents is 2. The fraction of sp³-hybridized carbons (Fsp3) is 0.414. The number of hydrogen-bond acceptors (Lipinski definition) is 10. The lowest BCUT2D eigenvalue weighted by atomic mass is 9.95. The van der Waals surface area contributed by atoms with Crippen LogP contribution in [0.25, 0.3) is 11.1 Å². The molecule has 0 aromatic heterocycles. The fourth-order valence-electron chi connectivity index (χ4n) is 4.88. The Bertz CT molecular complexity index is 1430. The highest BCUT2D eigenvalue weighted by Gasteiger charge is 2.36. The number of carboxylic acids is 1. The van der Waals surface area contributed by atoms with Gasteiger partial charge in [-0.25, -0.2) is 4.79 Å². The molecule has 0 saturated heterocycles. The number of rotatable bonds is 9. The molecule has 2 aromatic rings. The number of aliphatic hydroxyl groups excluding tert-OH is 1. The summed E-state index contributed by atoms with van der Waals surface area (Å²) >= 11 is 0. The highest BCUT2D eigenvalue weighted by atomic mass is 35.5. The van der Waals surface area contributed by atoms with E-state index in [1.165, 1.54) is 19.2 Å². The third-order valence-electron chi connectivity index (χ3n) is 7.49. The molecule has 12 N–H and O–H groups in total. The van der Waals surface area contributed by atoms with Crippen molar-refractivity contribution in [3.63, 3.8) is 0 Å². The number of likely N-dealkylation sites (N-methyl/N-ethyl adjacent to an activating group) is 1. The molecule has 46 heavy (non-hydrogen) atoms. The van der Waals surface area contributed by atoms with Crippen LogP contribution in [0.5, 0.6) is 11.5 Å². The molecule has 1 aliphatic rings. The molecule has 254 valence electrons. The summed E-state index contributed by atoms with van der Waals surface area (Å²) in [6.45, 7) is -0.249. The van der Waals surface area contributed by atoms with Crippen LogP contribution in [0.2, 0.25) is 0 Å². The molecule has 0 saturated carbocycles. The van der Waals surface area contributed by atoms with E-state index < -0.39 is 59.9 Å². The smallest absolute Gasteiger partial charge is 0.326 e. The molecule has 1 heterocycles. The quantitative estimate of drug-likeness (QED) is 0.153. The first-order chi connectivity index (χ1) is 20.7. The summed E-state index contributed by atoms with van der Waals surface area (Å²) in [5.41, 5.74) is 18.6. The van der Waals surface area contributed by atoms with Crippen molar-refractivity contribution in [3.05, 3.63) is 47.5 Å². The number of aliphatic hydroxyl groups is 1. The van der Waals surface area contributed by atoms with E-state index in [-0.39, 0.29) is 80.5 Å². The van der Waals surface area contributed by atoms with Crippen molar-refractivity contribution in [1.82, 2.24) is 15.5 Å².